The summed E-state index contributed by atoms with van der Waals surface area (Å²) in [5.41, 5.74) is 6.51. The number of carbonyl (C=O) groups excluding carboxylic acids is 2. The molecular formula is C21H16N4Na2O7S. The van der Waals surface area contributed by atoms with Crippen LogP contribution in [0.4, 0.5) is 22.7 Å². The van der Waals surface area contributed by atoms with Crippen LogP contribution < -0.4 is 80.4 Å². The van der Waals surface area contributed by atoms with Crippen LogP contribution in [0, 0.1) is 6.92 Å². The summed E-state index contributed by atoms with van der Waals surface area (Å²) >= 11 is 0. The summed E-state index contributed by atoms with van der Waals surface area (Å²) < 4.78 is 31.9. The van der Waals surface area contributed by atoms with E-state index in [1.165, 1.54) is 24.3 Å². The van der Waals surface area contributed by atoms with Crippen molar-refractivity contribution in [2.24, 2.45) is 10.2 Å². The van der Waals surface area contributed by atoms with Crippen LogP contribution >= 0.6 is 0 Å². The minimum absolute atomic E-state index is 0. The van der Waals surface area contributed by atoms with Gasteiger partial charge in [0.25, 0.3) is 16.0 Å². The third-order valence-electron chi connectivity index (χ3n) is 4.45. The number of nitrogens with zero attached hydrogens (tertiary/aromatic N) is 2. The molecule has 3 aromatic carbocycles. The third-order valence-corrected chi connectivity index (χ3v) is 5.28. The average Bonchev–Trinajstić information content (AvgIpc) is 2.73. The van der Waals surface area contributed by atoms with Crippen LogP contribution in [0.5, 0.6) is 5.75 Å². The molecule has 0 fully saturated rings. The molecule has 3 aromatic rings. The van der Waals surface area contributed by atoms with Crippen molar-refractivity contribution in [2.45, 2.75) is 11.8 Å². The quantitative estimate of drug-likeness (QED) is 0.128. The molecule has 0 saturated heterocycles. The summed E-state index contributed by atoms with van der Waals surface area (Å²) in [6.45, 7) is 1.82. The zero-order valence-corrected chi connectivity index (χ0v) is 23.8. The standard InChI is InChI=1S/C21H18N4O7S.2Na/c1-11-8-13(22)4-7-17(11)25-24-14-5-2-12(3-6-14)20(27)23-18-10-15(33(30,31)32)9-16(19(18)26)21(28)29;;/h2-10,26H,22H2,1H3,(H,23,27)(H,28,29)(H,30,31,32);;/q;2*+1/p-2. The zero-order chi connectivity index (χ0) is 24.3. The van der Waals surface area contributed by atoms with E-state index in [0.717, 1.165) is 5.56 Å². The molecule has 0 radical (unpaired) electrons. The maximum Gasteiger partial charge on any atom is 1.00 e. The first-order valence-corrected chi connectivity index (χ1v) is 10.6. The van der Waals surface area contributed by atoms with E-state index in [1.807, 2.05) is 6.92 Å². The number of carboxylic acid groups (broad SMARTS) is 1. The molecule has 0 saturated carbocycles. The number of benzene rings is 3. The van der Waals surface area contributed by atoms with Gasteiger partial charge in [-0.05, 0) is 72.6 Å². The van der Waals surface area contributed by atoms with Crippen LogP contribution in [0.3, 0.4) is 0 Å². The first-order valence-electron chi connectivity index (χ1n) is 9.19. The van der Waals surface area contributed by atoms with E-state index in [2.05, 4.69) is 15.5 Å². The molecule has 0 atom stereocenters. The molecule has 0 aliphatic carbocycles. The maximum atomic E-state index is 12.5. The maximum absolute atomic E-state index is 12.5. The Labute approximate surface area is 244 Å². The van der Waals surface area contributed by atoms with E-state index in [0.29, 0.717) is 29.2 Å². The van der Waals surface area contributed by atoms with Crippen molar-refractivity contribution in [1.29, 1.82) is 0 Å². The Kier molecular flexibility index (Phi) is 11.1. The Bertz CT molecular complexity index is 1400. The molecule has 0 unspecified atom stereocenters. The monoisotopic (exact) mass is 514 g/mol. The van der Waals surface area contributed by atoms with Crippen molar-refractivity contribution in [2.75, 3.05) is 11.1 Å². The van der Waals surface area contributed by atoms with Crippen LogP contribution in [0.2, 0.25) is 0 Å². The van der Waals surface area contributed by atoms with E-state index in [9.17, 15) is 32.8 Å². The van der Waals surface area contributed by atoms with Crippen molar-refractivity contribution in [3.8, 4) is 5.75 Å². The van der Waals surface area contributed by atoms with Gasteiger partial charge in [-0.2, -0.15) is 18.6 Å². The molecule has 0 bridgehead atoms. The topological polar surface area (TPSA) is 197 Å². The minimum Gasteiger partial charge on any atom is -0.871 e. The number of hydrogen-bond donors (Lipinski definition) is 3. The number of carbonyl (C=O) groups is 2. The molecule has 0 aromatic heterocycles. The van der Waals surface area contributed by atoms with Crippen molar-refractivity contribution < 1.29 is 91.9 Å². The summed E-state index contributed by atoms with van der Waals surface area (Å²) in [6.07, 6.45) is 0. The van der Waals surface area contributed by atoms with Gasteiger partial charge in [-0.3, -0.25) is 9.35 Å². The largest absolute Gasteiger partial charge is 1.00 e. The first-order chi connectivity index (χ1) is 15.5. The van der Waals surface area contributed by atoms with E-state index in [1.54, 1.807) is 18.2 Å². The smallest absolute Gasteiger partial charge is 0.871 e. The predicted octanol–water partition coefficient (Wildman–Crippen LogP) is -4.06. The summed E-state index contributed by atoms with van der Waals surface area (Å²) in [7, 11) is -4.85. The summed E-state index contributed by atoms with van der Waals surface area (Å²) in [4.78, 5) is 22.7. The minimum atomic E-state index is -4.85. The van der Waals surface area contributed by atoms with Gasteiger partial charge in [0.15, 0.2) is 0 Å². The number of hydrogen-bond acceptors (Lipinski definition) is 9. The van der Waals surface area contributed by atoms with Gasteiger partial charge >= 0.3 is 59.1 Å². The fourth-order valence-electron chi connectivity index (χ4n) is 2.77. The van der Waals surface area contributed by atoms with Crippen LogP contribution in [-0.4, -0.2) is 24.8 Å². The average molecular weight is 514 g/mol. The number of carboxylic acids is 1. The molecule has 0 heterocycles. The van der Waals surface area contributed by atoms with Gasteiger partial charge in [0, 0.05) is 16.9 Å². The van der Waals surface area contributed by atoms with Crippen LogP contribution in [0.1, 0.15) is 26.3 Å². The fourth-order valence-corrected chi connectivity index (χ4v) is 3.31. The van der Waals surface area contributed by atoms with Crippen LogP contribution in [0.25, 0.3) is 0 Å². The molecule has 14 heteroatoms. The van der Waals surface area contributed by atoms with Crippen molar-refractivity contribution in [3.05, 3.63) is 71.3 Å². The molecule has 3 rings (SSSR count). The molecule has 170 valence electrons. The molecule has 0 aliphatic rings. The number of anilines is 2. The molecule has 0 spiro atoms. The number of nitrogens with one attached hydrogen (secondary N) is 1. The number of nitrogens with two attached hydrogens (primary N) is 1. The number of azo groups is 1. The van der Waals surface area contributed by atoms with Gasteiger partial charge in [-0.25, -0.2) is 0 Å². The second kappa shape index (κ2) is 12.6. The van der Waals surface area contributed by atoms with E-state index < -0.39 is 43.9 Å². The van der Waals surface area contributed by atoms with Gasteiger partial charge in [-0.1, -0.05) is 5.75 Å². The summed E-state index contributed by atoms with van der Waals surface area (Å²) in [6, 6.07) is 11.9. The van der Waals surface area contributed by atoms with Crippen LogP contribution in [0.15, 0.2) is 69.7 Å². The molecule has 35 heavy (non-hydrogen) atoms. The van der Waals surface area contributed by atoms with Gasteiger partial charge in [-0.15, -0.1) is 0 Å². The number of aromatic carboxylic acids is 1. The molecule has 0 aliphatic heterocycles. The first kappa shape index (κ1) is 30.7. The summed E-state index contributed by atoms with van der Waals surface area (Å²) in [5.74, 6) is -3.98. The predicted molar refractivity (Wildman–Crippen MR) is 114 cm³/mol. The number of rotatable bonds is 6. The number of amides is 1. The van der Waals surface area contributed by atoms with E-state index >= 15 is 0 Å². The van der Waals surface area contributed by atoms with E-state index in [-0.39, 0.29) is 64.7 Å². The fraction of sp³-hybridized carbons (Fsp3) is 0.0476. The number of aryl methyl sites for hydroxylation is 1. The normalized spacial score (nSPS) is 10.8. The number of nitrogen functional groups attached to an aromatic ring is 1. The zero-order valence-electron chi connectivity index (χ0n) is 19.0. The van der Waals surface area contributed by atoms with Gasteiger partial charge in [0.1, 0.15) is 0 Å². The van der Waals surface area contributed by atoms with Crippen LogP contribution in [-0.2, 0) is 10.1 Å². The molecular weight excluding hydrogens is 498 g/mol. The van der Waals surface area contributed by atoms with Gasteiger partial charge in [0.05, 0.1) is 22.2 Å². The Balaban J connectivity index is 0.00000306. The van der Waals surface area contributed by atoms with Crippen molar-refractivity contribution in [1.82, 2.24) is 0 Å². The van der Waals surface area contributed by atoms with Gasteiger partial charge < -0.3 is 26.1 Å². The Hall–Kier alpha value is -2.29. The molecule has 1 amide bonds. The Morgan fingerprint density at radius 2 is 1.63 bits per heavy atom. The van der Waals surface area contributed by atoms with Crippen molar-refractivity contribution in [3.63, 3.8) is 0 Å². The Morgan fingerprint density at radius 1 is 1.00 bits per heavy atom. The Morgan fingerprint density at radius 3 is 2.17 bits per heavy atom. The third kappa shape index (κ3) is 7.85. The second-order valence-electron chi connectivity index (χ2n) is 6.86. The van der Waals surface area contributed by atoms with Crippen molar-refractivity contribution >= 4 is 44.7 Å². The summed E-state index contributed by atoms with van der Waals surface area (Å²) in [5, 5.41) is 33.7. The second-order valence-corrected chi connectivity index (χ2v) is 8.28. The van der Waals surface area contributed by atoms with E-state index in [4.69, 9.17) is 5.73 Å². The molecule has 4 N–H and O–H groups in total. The van der Waals surface area contributed by atoms with Gasteiger partial charge in [0.2, 0.25) is 0 Å². The molecule has 11 nitrogen and oxygen atoms in total. The SMILES string of the molecule is Cc1cc(N)ccc1N=Nc1ccc(C(=O)Nc2cc(S(=O)(=O)O)cc(C(=O)[O-])c2[O-])cc1.[Na+].[Na+].